The standard InChI is InChI=1S/C10H18N2O5S/c1-7(13)8-4-3-5-12(8)9(10(14)15)6-11-18(2,16)17/h8-9,11H,3-6H2,1-2H3,(H,14,15)/t8-,9?/m1/s1. The molecule has 0 bridgehead atoms. The van der Waals surface area contributed by atoms with Gasteiger partial charge in [-0.05, 0) is 26.3 Å². The van der Waals surface area contributed by atoms with Crippen LogP contribution in [0, 0.1) is 0 Å². The molecule has 2 N–H and O–H groups in total. The second kappa shape index (κ2) is 5.77. The molecular weight excluding hydrogens is 260 g/mol. The van der Waals surface area contributed by atoms with E-state index in [2.05, 4.69) is 4.72 Å². The van der Waals surface area contributed by atoms with Gasteiger partial charge in [0.25, 0.3) is 0 Å². The number of carboxylic acid groups (broad SMARTS) is 1. The van der Waals surface area contributed by atoms with E-state index in [4.69, 9.17) is 5.11 Å². The van der Waals surface area contributed by atoms with E-state index in [1.807, 2.05) is 0 Å². The zero-order chi connectivity index (χ0) is 13.9. The average molecular weight is 278 g/mol. The number of nitrogens with one attached hydrogen (secondary N) is 1. The highest BCUT2D eigenvalue weighted by Gasteiger charge is 2.37. The van der Waals surface area contributed by atoms with Gasteiger partial charge in [-0.2, -0.15) is 0 Å². The first kappa shape index (κ1) is 15.1. The van der Waals surface area contributed by atoms with Gasteiger partial charge in [-0.3, -0.25) is 14.5 Å². The van der Waals surface area contributed by atoms with Crippen molar-refractivity contribution in [2.75, 3.05) is 19.3 Å². The van der Waals surface area contributed by atoms with Crippen molar-refractivity contribution in [3.05, 3.63) is 0 Å². The van der Waals surface area contributed by atoms with Crippen molar-refractivity contribution in [2.45, 2.75) is 31.8 Å². The fourth-order valence-electron chi connectivity index (χ4n) is 2.18. The van der Waals surface area contributed by atoms with Crippen molar-refractivity contribution in [3.63, 3.8) is 0 Å². The molecule has 1 aliphatic heterocycles. The van der Waals surface area contributed by atoms with Crippen LogP contribution in [0.1, 0.15) is 19.8 Å². The lowest BCUT2D eigenvalue weighted by atomic mass is 10.1. The number of carbonyl (C=O) groups is 2. The average Bonchev–Trinajstić information content (AvgIpc) is 2.64. The Bertz CT molecular complexity index is 434. The van der Waals surface area contributed by atoms with Crippen molar-refractivity contribution in [2.24, 2.45) is 0 Å². The number of sulfonamides is 1. The van der Waals surface area contributed by atoms with Gasteiger partial charge in [0.15, 0.2) is 0 Å². The van der Waals surface area contributed by atoms with Crippen molar-refractivity contribution >= 4 is 21.8 Å². The summed E-state index contributed by atoms with van der Waals surface area (Å²) in [6.07, 6.45) is 2.34. The Kier molecular flexibility index (Phi) is 4.83. The first-order valence-electron chi connectivity index (χ1n) is 5.66. The van der Waals surface area contributed by atoms with E-state index in [0.29, 0.717) is 13.0 Å². The Balaban J connectivity index is 2.78. The number of nitrogens with zero attached hydrogens (tertiary/aromatic N) is 1. The molecule has 1 fully saturated rings. The number of hydrogen-bond donors (Lipinski definition) is 2. The van der Waals surface area contributed by atoms with Gasteiger partial charge >= 0.3 is 5.97 Å². The van der Waals surface area contributed by atoms with Crippen LogP contribution in [0.3, 0.4) is 0 Å². The maximum atomic E-state index is 11.4. The SMILES string of the molecule is CC(=O)[C@H]1CCCN1C(CNS(C)(=O)=O)C(=O)O. The molecule has 104 valence electrons. The third-order valence-corrected chi connectivity index (χ3v) is 3.68. The van der Waals surface area contributed by atoms with E-state index in [1.165, 1.54) is 6.92 Å². The molecule has 0 aromatic rings. The number of Topliss-reactive ketones (excluding diaryl/α,β-unsaturated/α-hetero) is 1. The lowest BCUT2D eigenvalue weighted by Crippen LogP contribution is -2.52. The van der Waals surface area contributed by atoms with Gasteiger partial charge in [-0.15, -0.1) is 0 Å². The van der Waals surface area contributed by atoms with Crippen molar-refractivity contribution in [3.8, 4) is 0 Å². The fraction of sp³-hybridized carbons (Fsp3) is 0.800. The molecule has 0 amide bonds. The second-order valence-electron chi connectivity index (χ2n) is 4.48. The van der Waals surface area contributed by atoms with E-state index in [0.717, 1.165) is 12.7 Å². The third-order valence-electron chi connectivity index (χ3n) is 2.99. The van der Waals surface area contributed by atoms with Gasteiger partial charge in [0, 0.05) is 6.54 Å². The summed E-state index contributed by atoms with van der Waals surface area (Å²) >= 11 is 0. The van der Waals surface area contributed by atoms with Crippen LogP contribution in [0.2, 0.25) is 0 Å². The molecule has 0 spiro atoms. The second-order valence-corrected chi connectivity index (χ2v) is 6.31. The van der Waals surface area contributed by atoms with Crippen LogP contribution in [0.15, 0.2) is 0 Å². The third kappa shape index (κ3) is 4.04. The van der Waals surface area contributed by atoms with Gasteiger partial charge in [0.05, 0.1) is 12.3 Å². The molecule has 1 heterocycles. The Morgan fingerprint density at radius 2 is 2.11 bits per heavy atom. The number of aliphatic carboxylic acids is 1. The molecule has 0 aromatic heterocycles. The summed E-state index contributed by atoms with van der Waals surface area (Å²) in [6, 6.07) is -1.43. The summed E-state index contributed by atoms with van der Waals surface area (Å²) in [5.41, 5.74) is 0. The molecule has 1 rings (SSSR count). The Morgan fingerprint density at radius 3 is 2.56 bits per heavy atom. The maximum absolute atomic E-state index is 11.4. The summed E-state index contributed by atoms with van der Waals surface area (Å²) in [4.78, 5) is 24.2. The van der Waals surface area contributed by atoms with E-state index >= 15 is 0 Å². The van der Waals surface area contributed by atoms with Crippen LogP contribution >= 0.6 is 0 Å². The zero-order valence-electron chi connectivity index (χ0n) is 10.4. The molecule has 0 aromatic carbocycles. The molecule has 0 aliphatic carbocycles. The maximum Gasteiger partial charge on any atom is 0.322 e. The Hall–Kier alpha value is -0.990. The fourth-order valence-corrected chi connectivity index (χ4v) is 2.64. The summed E-state index contributed by atoms with van der Waals surface area (Å²) in [5, 5.41) is 9.14. The van der Waals surface area contributed by atoms with E-state index in [9.17, 15) is 18.0 Å². The van der Waals surface area contributed by atoms with Crippen molar-refractivity contribution < 1.29 is 23.1 Å². The van der Waals surface area contributed by atoms with Crippen LogP contribution in [0.5, 0.6) is 0 Å². The number of likely N-dealkylation sites (tertiary alicyclic amines) is 1. The lowest BCUT2D eigenvalue weighted by molar-refractivity contribution is -0.144. The first-order chi connectivity index (χ1) is 8.22. The monoisotopic (exact) mass is 278 g/mol. The van der Waals surface area contributed by atoms with Gasteiger partial charge in [0.1, 0.15) is 11.8 Å². The molecule has 8 heteroatoms. The predicted molar refractivity (Wildman–Crippen MR) is 64.7 cm³/mol. The molecule has 1 saturated heterocycles. The topological polar surface area (TPSA) is 104 Å². The summed E-state index contributed by atoms with van der Waals surface area (Å²) in [5.74, 6) is -1.21. The predicted octanol–water partition coefficient (Wildman–Crippen LogP) is -0.958. The summed E-state index contributed by atoms with van der Waals surface area (Å²) < 4.78 is 24.2. The smallest absolute Gasteiger partial charge is 0.322 e. The van der Waals surface area contributed by atoms with E-state index in [1.54, 1.807) is 4.90 Å². The van der Waals surface area contributed by atoms with Gasteiger partial charge in [0.2, 0.25) is 10.0 Å². The highest BCUT2D eigenvalue weighted by Crippen LogP contribution is 2.20. The Labute approximate surface area is 106 Å². The number of rotatable bonds is 6. The molecule has 0 saturated carbocycles. The molecule has 0 radical (unpaired) electrons. The van der Waals surface area contributed by atoms with Crippen LogP contribution < -0.4 is 4.72 Å². The van der Waals surface area contributed by atoms with E-state index < -0.39 is 28.1 Å². The normalized spacial score (nSPS) is 22.9. The Morgan fingerprint density at radius 1 is 1.50 bits per heavy atom. The lowest BCUT2D eigenvalue weighted by Gasteiger charge is -2.28. The highest BCUT2D eigenvalue weighted by molar-refractivity contribution is 7.88. The van der Waals surface area contributed by atoms with Crippen LogP contribution in [0.25, 0.3) is 0 Å². The minimum Gasteiger partial charge on any atom is -0.480 e. The van der Waals surface area contributed by atoms with Crippen molar-refractivity contribution in [1.29, 1.82) is 0 Å². The highest BCUT2D eigenvalue weighted by atomic mass is 32.2. The zero-order valence-corrected chi connectivity index (χ0v) is 11.2. The number of carbonyl (C=O) groups excluding carboxylic acids is 1. The molecule has 2 atom stereocenters. The summed E-state index contributed by atoms with van der Waals surface area (Å²) in [7, 11) is -3.44. The van der Waals surface area contributed by atoms with Gasteiger partial charge < -0.3 is 5.11 Å². The minimum atomic E-state index is -3.44. The largest absolute Gasteiger partial charge is 0.480 e. The van der Waals surface area contributed by atoms with Crippen LogP contribution in [-0.4, -0.2) is 61.6 Å². The number of carboxylic acids is 1. The van der Waals surface area contributed by atoms with Crippen LogP contribution in [0.4, 0.5) is 0 Å². The number of ketones is 1. The molecule has 7 nitrogen and oxygen atoms in total. The summed E-state index contributed by atoms with van der Waals surface area (Å²) in [6.45, 7) is 1.69. The van der Waals surface area contributed by atoms with E-state index in [-0.39, 0.29) is 12.3 Å². The van der Waals surface area contributed by atoms with Gasteiger partial charge in [-0.1, -0.05) is 0 Å². The minimum absolute atomic E-state index is 0.0851. The first-order valence-corrected chi connectivity index (χ1v) is 7.55. The van der Waals surface area contributed by atoms with Crippen molar-refractivity contribution in [1.82, 2.24) is 9.62 Å². The molecule has 1 unspecified atom stereocenters. The molecular formula is C10H18N2O5S. The number of hydrogen-bond acceptors (Lipinski definition) is 5. The quantitative estimate of drug-likeness (QED) is 0.648. The molecule has 1 aliphatic rings. The van der Waals surface area contributed by atoms with Gasteiger partial charge in [-0.25, -0.2) is 13.1 Å². The molecule has 18 heavy (non-hydrogen) atoms. The van der Waals surface area contributed by atoms with Crippen LogP contribution in [-0.2, 0) is 19.6 Å².